The van der Waals surface area contributed by atoms with Crippen LogP contribution in [0.3, 0.4) is 0 Å². The first kappa shape index (κ1) is 19.8. The van der Waals surface area contributed by atoms with Crippen molar-refractivity contribution in [2.75, 3.05) is 6.61 Å². The molecule has 0 bridgehead atoms. The Bertz CT molecular complexity index is 1230. The molecule has 0 spiro atoms. The van der Waals surface area contributed by atoms with Crippen molar-refractivity contribution in [3.63, 3.8) is 0 Å². The van der Waals surface area contributed by atoms with Crippen molar-refractivity contribution in [1.82, 2.24) is 4.90 Å². The lowest BCUT2D eigenvalue weighted by molar-refractivity contribution is -0.137. The predicted octanol–water partition coefficient (Wildman–Crippen LogP) is 6.18. The molecule has 0 aromatic heterocycles. The molecule has 0 aliphatic heterocycles. The number of para-hydroxylation sites is 1. The van der Waals surface area contributed by atoms with E-state index in [1.807, 2.05) is 42.5 Å². The summed E-state index contributed by atoms with van der Waals surface area (Å²) in [5, 5.41) is 8.77. The largest absolute Gasteiger partial charge is 0.493 e. The fourth-order valence-electron chi connectivity index (χ4n) is 3.66. The summed E-state index contributed by atoms with van der Waals surface area (Å²) in [7, 11) is 0. The van der Waals surface area contributed by atoms with Gasteiger partial charge in [0.05, 0.1) is 10.7 Å². The normalized spacial score (nSPS) is 15.5. The van der Waals surface area contributed by atoms with Crippen LogP contribution in [0.25, 0.3) is 11.1 Å². The number of carbonyl (C=O) groups excluding carboxylic acids is 1. The van der Waals surface area contributed by atoms with Gasteiger partial charge in [0, 0.05) is 30.1 Å². The molecule has 3 aromatic rings. The number of carboxylic acid groups (broad SMARTS) is 1. The Hall–Kier alpha value is -3.60. The van der Waals surface area contributed by atoms with E-state index in [2.05, 4.69) is 0 Å². The van der Waals surface area contributed by atoms with Gasteiger partial charge in [-0.15, -0.1) is 0 Å². The quantitative estimate of drug-likeness (QED) is 0.328. The van der Waals surface area contributed by atoms with Crippen LogP contribution in [0, 0.1) is 0 Å². The molecule has 176 valence electrons. The van der Waals surface area contributed by atoms with Crippen LogP contribution in [0.5, 0.6) is 5.75 Å². The SMILES string of the molecule is [2H]C1(N(C(=O)c2ccc(-c3ccccc3)cc2)C([2H])([2H])c2ccccc2OCCCCCC(=O)O)CC1. The molecule has 0 unspecified atom stereocenters. The van der Waals surface area contributed by atoms with E-state index in [0.29, 0.717) is 50.0 Å². The Morgan fingerprint density at radius 3 is 2.29 bits per heavy atom. The monoisotopic (exact) mass is 460 g/mol. The van der Waals surface area contributed by atoms with Crippen LogP contribution in [-0.4, -0.2) is 34.5 Å². The van der Waals surface area contributed by atoms with Gasteiger partial charge in [-0.1, -0.05) is 60.7 Å². The van der Waals surface area contributed by atoms with Gasteiger partial charge < -0.3 is 14.7 Å². The van der Waals surface area contributed by atoms with E-state index in [-0.39, 0.29) is 12.0 Å². The highest BCUT2D eigenvalue weighted by Crippen LogP contribution is 2.32. The number of unbranched alkanes of at least 4 members (excludes halogenated alkanes) is 2. The van der Waals surface area contributed by atoms with Crippen molar-refractivity contribution in [3.8, 4) is 16.9 Å². The number of aliphatic carboxylic acids is 1. The zero-order valence-electron chi connectivity index (χ0n) is 22.1. The van der Waals surface area contributed by atoms with Crippen LogP contribution in [-0.2, 0) is 11.3 Å². The molecule has 5 nitrogen and oxygen atoms in total. The molecule has 1 fully saturated rings. The highest BCUT2D eigenvalue weighted by molar-refractivity contribution is 5.95. The zero-order chi connectivity index (χ0) is 26.5. The lowest BCUT2D eigenvalue weighted by atomic mass is 10.0. The van der Waals surface area contributed by atoms with Crippen LogP contribution >= 0.6 is 0 Å². The lowest BCUT2D eigenvalue weighted by Gasteiger charge is -2.24. The molecule has 5 heteroatoms. The number of carbonyl (C=O) groups is 2. The summed E-state index contributed by atoms with van der Waals surface area (Å²) in [6, 6.07) is 22.1. The molecular formula is C29H31NO4. The standard InChI is InChI=1S/C29H31NO4/c31-28(32)13-5-2-8-20-34-27-12-7-6-11-25(27)21-30(26-18-19-26)29(33)24-16-14-23(15-17-24)22-9-3-1-4-10-22/h1,3-4,6-7,9-12,14-17,26H,2,5,8,13,18-21H2,(H,31,32)/i21D2,26D. The minimum absolute atomic E-state index is 0.105. The van der Waals surface area contributed by atoms with E-state index < -0.39 is 24.4 Å². The third-order valence-electron chi connectivity index (χ3n) is 5.64. The number of ether oxygens (including phenoxy) is 1. The molecule has 0 atom stereocenters. The Balaban J connectivity index is 1.54. The lowest BCUT2D eigenvalue weighted by Crippen LogP contribution is -2.32. The number of hydrogen-bond acceptors (Lipinski definition) is 3. The van der Waals surface area contributed by atoms with Crippen molar-refractivity contribution in [2.45, 2.75) is 51.0 Å². The van der Waals surface area contributed by atoms with Gasteiger partial charge in [-0.25, -0.2) is 0 Å². The minimum Gasteiger partial charge on any atom is -0.493 e. The van der Waals surface area contributed by atoms with Crippen LogP contribution in [0.2, 0.25) is 0 Å². The molecule has 1 saturated carbocycles. The molecule has 34 heavy (non-hydrogen) atoms. The second-order valence-corrected chi connectivity index (χ2v) is 8.31. The topological polar surface area (TPSA) is 66.8 Å². The first-order chi connectivity index (χ1) is 17.7. The summed E-state index contributed by atoms with van der Waals surface area (Å²) in [5.74, 6) is -1.06. The Morgan fingerprint density at radius 2 is 1.59 bits per heavy atom. The summed E-state index contributed by atoms with van der Waals surface area (Å²) in [5.41, 5.74) is 2.47. The van der Waals surface area contributed by atoms with Crippen molar-refractivity contribution in [2.24, 2.45) is 0 Å². The van der Waals surface area contributed by atoms with E-state index in [1.54, 1.807) is 36.4 Å². The maximum absolute atomic E-state index is 13.7. The van der Waals surface area contributed by atoms with E-state index in [0.717, 1.165) is 16.0 Å². The molecule has 1 aliphatic carbocycles. The Labute approximate surface area is 205 Å². The summed E-state index contributed by atoms with van der Waals surface area (Å²) < 4.78 is 32.7. The minimum atomic E-state index is -2.28. The molecule has 1 amide bonds. The fraction of sp³-hybridized carbons (Fsp3) is 0.310. The van der Waals surface area contributed by atoms with Crippen LogP contribution in [0.4, 0.5) is 0 Å². The molecule has 1 aliphatic rings. The van der Waals surface area contributed by atoms with Crippen LogP contribution < -0.4 is 4.74 Å². The van der Waals surface area contributed by atoms with E-state index >= 15 is 0 Å². The van der Waals surface area contributed by atoms with Gasteiger partial charge in [-0.05, 0) is 61.4 Å². The van der Waals surface area contributed by atoms with Crippen LogP contribution in [0.15, 0.2) is 78.9 Å². The predicted molar refractivity (Wildman–Crippen MR) is 133 cm³/mol. The Kier molecular flexibility index (Phi) is 6.71. The summed E-state index contributed by atoms with van der Waals surface area (Å²) in [6.45, 7) is -1.99. The van der Waals surface area contributed by atoms with Crippen molar-refractivity contribution < 1.29 is 23.5 Å². The first-order valence-corrected chi connectivity index (χ1v) is 11.7. The maximum atomic E-state index is 13.7. The van der Waals surface area contributed by atoms with E-state index in [9.17, 15) is 9.59 Å². The van der Waals surface area contributed by atoms with Gasteiger partial charge in [0.25, 0.3) is 5.91 Å². The zero-order valence-corrected chi connectivity index (χ0v) is 19.1. The number of hydrogen-bond donors (Lipinski definition) is 1. The molecule has 0 heterocycles. The number of amides is 1. The summed E-state index contributed by atoms with van der Waals surface area (Å²) in [6.07, 6.45) is 2.76. The first-order valence-electron chi connectivity index (χ1n) is 13.2. The molecule has 0 radical (unpaired) electrons. The average molecular weight is 461 g/mol. The van der Waals surface area contributed by atoms with Crippen molar-refractivity contribution in [1.29, 1.82) is 0 Å². The van der Waals surface area contributed by atoms with Gasteiger partial charge in [-0.2, -0.15) is 0 Å². The second-order valence-electron chi connectivity index (χ2n) is 8.31. The number of carboxylic acids is 1. The highest BCUT2D eigenvalue weighted by atomic mass is 16.5. The van der Waals surface area contributed by atoms with Crippen molar-refractivity contribution >= 4 is 11.9 Å². The maximum Gasteiger partial charge on any atom is 0.303 e. The summed E-state index contributed by atoms with van der Waals surface area (Å²) >= 11 is 0. The molecule has 1 N–H and O–H groups in total. The average Bonchev–Trinajstić information content (AvgIpc) is 3.63. The molecule has 0 saturated heterocycles. The fourth-order valence-corrected chi connectivity index (χ4v) is 3.66. The van der Waals surface area contributed by atoms with Gasteiger partial charge in [0.15, 0.2) is 0 Å². The Morgan fingerprint density at radius 1 is 0.912 bits per heavy atom. The number of nitrogens with zero attached hydrogens (tertiary/aromatic N) is 1. The van der Waals surface area contributed by atoms with Crippen molar-refractivity contribution in [3.05, 3.63) is 90.0 Å². The molecule has 3 aromatic carbocycles. The third kappa shape index (κ3) is 6.47. The highest BCUT2D eigenvalue weighted by Gasteiger charge is 2.33. The smallest absolute Gasteiger partial charge is 0.303 e. The van der Waals surface area contributed by atoms with Crippen LogP contribution in [0.1, 0.15) is 58.6 Å². The number of benzene rings is 3. The third-order valence-corrected chi connectivity index (χ3v) is 5.64. The molecular weight excluding hydrogens is 426 g/mol. The van der Waals surface area contributed by atoms with Gasteiger partial charge in [0.1, 0.15) is 5.75 Å². The van der Waals surface area contributed by atoms with E-state index in [4.69, 9.17) is 14.0 Å². The van der Waals surface area contributed by atoms with Gasteiger partial charge in [0.2, 0.25) is 0 Å². The second kappa shape index (κ2) is 11.5. The van der Waals surface area contributed by atoms with E-state index in [1.165, 1.54) is 0 Å². The summed E-state index contributed by atoms with van der Waals surface area (Å²) in [4.78, 5) is 25.4. The molecule has 4 rings (SSSR count). The number of rotatable bonds is 12. The van der Waals surface area contributed by atoms with Gasteiger partial charge in [-0.3, -0.25) is 9.59 Å². The van der Waals surface area contributed by atoms with Gasteiger partial charge >= 0.3 is 5.97 Å².